The van der Waals surface area contributed by atoms with E-state index in [9.17, 15) is 4.79 Å². The second-order valence-corrected chi connectivity index (χ2v) is 7.90. The Bertz CT molecular complexity index is 744. The van der Waals surface area contributed by atoms with Gasteiger partial charge in [0.2, 0.25) is 0 Å². The van der Waals surface area contributed by atoms with E-state index in [1.54, 1.807) is 6.92 Å². The summed E-state index contributed by atoms with van der Waals surface area (Å²) < 4.78 is 5.21. The first-order valence-electron chi connectivity index (χ1n) is 9.49. The Labute approximate surface area is 171 Å². The monoisotopic (exact) mass is 404 g/mol. The molecule has 4 nitrogen and oxygen atoms in total. The Morgan fingerprint density at radius 2 is 1.96 bits per heavy atom. The van der Waals surface area contributed by atoms with Gasteiger partial charge < -0.3 is 15.4 Å². The number of thiophene rings is 1. The molecule has 1 heterocycles. The molecule has 0 aliphatic carbocycles. The van der Waals surface area contributed by atoms with Gasteiger partial charge in [-0.05, 0) is 44.1 Å². The highest BCUT2D eigenvalue weighted by Crippen LogP contribution is 2.35. The fraction of sp³-hybridized carbons (Fsp3) is 0.429. The summed E-state index contributed by atoms with van der Waals surface area (Å²) >= 11 is 6.96. The van der Waals surface area contributed by atoms with Gasteiger partial charge in [-0.15, -0.1) is 11.3 Å². The van der Waals surface area contributed by atoms with Gasteiger partial charge in [0.1, 0.15) is 5.00 Å². The number of hydrogen-bond donors (Lipinski definition) is 2. The minimum absolute atomic E-state index is 0.288. The molecule has 27 heavy (non-hydrogen) atoms. The van der Waals surface area contributed by atoms with Crippen LogP contribution in [0.3, 0.4) is 0 Å². The molecule has 2 aromatic rings. The predicted molar refractivity (Wildman–Crippen MR) is 119 cm³/mol. The SMILES string of the molecule is CCCCCC(C)NC(=S)Nc1sc(-c2ccccc2)cc1C(=O)OCC. The van der Waals surface area contributed by atoms with Crippen molar-refractivity contribution in [1.29, 1.82) is 0 Å². The summed E-state index contributed by atoms with van der Waals surface area (Å²) in [7, 11) is 0. The molecule has 2 N–H and O–H groups in total. The van der Waals surface area contributed by atoms with Crippen molar-refractivity contribution >= 4 is 39.6 Å². The smallest absolute Gasteiger partial charge is 0.341 e. The van der Waals surface area contributed by atoms with Crippen LogP contribution in [-0.4, -0.2) is 23.7 Å². The Morgan fingerprint density at radius 3 is 2.63 bits per heavy atom. The van der Waals surface area contributed by atoms with Crippen molar-refractivity contribution in [3.8, 4) is 10.4 Å². The van der Waals surface area contributed by atoms with Crippen LogP contribution in [0.15, 0.2) is 36.4 Å². The Morgan fingerprint density at radius 1 is 1.22 bits per heavy atom. The van der Waals surface area contributed by atoms with Crippen LogP contribution in [0, 0.1) is 0 Å². The highest BCUT2D eigenvalue weighted by atomic mass is 32.1. The summed E-state index contributed by atoms with van der Waals surface area (Å²) in [5, 5.41) is 7.76. The molecule has 1 unspecified atom stereocenters. The number of unbranched alkanes of at least 4 members (excludes halogenated alkanes) is 2. The van der Waals surface area contributed by atoms with Crippen molar-refractivity contribution in [3.63, 3.8) is 0 Å². The fourth-order valence-electron chi connectivity index (χ4n) is 2.72. The topological polar surface area (TPSA) is 50.4 Å². The standard InChI is InChI=1S/C21H28N2O2S2/c1-4-6-8-11-15(3)22-21(26)23-19-17(20(24)25-5-2)14-18(27-19)16-12-9-7-10-13-16/h7,9-10,12-15H,4-6,8,11H2,1-3H3,(H2,22,23,26). The number of thiocarbonyl (C=S) groups is 1. The van der Waals surface area contributed by atoms with E-state index in [0.29, 0.717) is 22.3 Å². The lowest BCUT2D eigenvalue weighted by atomic mass is 10.1. The zero-order valence-corrected chi connectivity index (χ0v) is 17.8. The molecule has 1 atom stereocenters. The lowest BCUT2D eigenvalue weighted by molar-refractivity contribution is 0.0528. The van der Waals surface area contributed by atoms with Crippen molar-refractivity contribution in [2.75, 3.05) is 11.9 Å². The summed E-state index contributed by atoms with van der Waals surface area (Å²) in [6.45, 7) is 6.47. The van der Waals surface area contributed by atoms with Gasteiger partial charge in [0.15, 0.2) is 5.11 Å². The molecule has 6 heteroatoms. The minimum atomic E-state index is -0.336. The maximum atomic E-state index is 12.4. The number of nitrogens with one attached hydrogen (secondary N) is 2. The predicted octanol–water partition coefficient (Wildman–Crippen LogP) is 5.85. The van der Waals surface area contributed by atoms with Crippen molar-refractivity contribution in [2.24, 2.45) is 0 Å². The normalized spacial score (nSPS) is 11.7. The zero-order valence-electron chi connectivity index (χ0n) is 16.2. The number of benzene rings is 1. The molecule has 1 aromatic heterocycles. The van der Waals surface area contributed by atoms with Gasteiger partial charge in [0.05, 0.1) is 12.2 Å². The van der Waals surface area contributed by atoms with Gasteiger partial charge in [-0.2, -0.15) is 0 Å². The lowest BCUT2D eigenvalue weighted by Gasteiger charge is -2.16. The molecule has 0 aliphatic rings. The minimum Gasteiger partial charge on any atom is -0.462 e. The first-order chi connectivity index (χ1) is 13.0. The van der Waals surface area contributed by atoms with Crippen molar-refractivity contribution in [2.45, 2.75) is 52.5 Å². The van der Waals surface area contributed by atoms with E-state index in [1.165, 1.54) is 30.6 Å². The number of esters is 1. The first-order valence-corrected chi connectivity index (χ1v) is 10.7. The largest absolute Gasteiger partial charge is 0.462 e. The van der Waals surface area contributed by atoms with Crippen LogP contribution in [0.2, 0.25) is 0 Å². The Hall–Kier alpha value is -1.92. The van der Waals surface area contributed by atoms with Gasteiger partial charge >= 0.3 is 5.97 Å². The fourth-order valence-corrected chi connectivity index (χ4v) is 4.15. The third-order valence-corrected chi connectivity index (χ3v) is 5.45. The van der Waals surface area contributed by atoms with Crippen LogP contribution < -0.4 is 10.6 Å². The lowest BCUT2D eigenvalue weighted by Crippen LogP contribution is -2.35. The summed E-state index contributed by atoms with van der Waals surface area (Å²) in [5.41, 5.74) is 1.58. The van der Waals surface area contributed by atoms with E-state index in [0.717, 1.165) is 16.9 Å². The molecule has 0 fully saturated rings. The third kappa shape index (κ3) is 6.63. The summed E-state index contributed by atoms with van der Waals surface area (Å²) in [4.78, 5) is 13.4. The van der Waals surface area contributed by atoms with Crippen LogP contribution in [-0.2, 0) is 4.74 Å². The van der Waals surface area contributed by atoms with E-state index in [-0.39, 0.29) is 12.0 Å². The van der Waals surface area contributed by atoms with Gasteiger partial charge in [-0.3, -0.25) is 0 Å². The third-order valence-electron chi connectivity index (χ3n) is 4.13. The molecule has 146 valence electrons. The van der Waals surface area contributed by atoms with E-state index < -0.39 is 0 Å². The zero-order chi connectivity index (χ0) is 19.6. The maximum Gasteiger partial charge on any atom is 0.341 e. The number of anilines is 1. The van der Waals surface area contributed by atoms with Crippen molar-refractivity contribution in [3.05, 3.63) is 42.0 Å². The molecule has 0 spiro atoms. The molecule has 0 saturated carbocycles. The van der Waals surface area contributed by atoms with Crippen molar-refractivity contribution in [1.82, 2.24) is 5.32 Å². The first kappa shape index (κ1) is 21.4. The van der Waals surface area contributed by atoms with E-state index in [2.05, 4.69) is 24.5 Å². The maximum absolute atomic E-state index is 12.4. The van der Waals surface area contributed by atoms with Gasteiger partial charge in [0.25, 0.3) is 0 Å². The summed E-state index contributed by atoms with van der Waals surface area (Å²) in [6.07, 6.45) is 4.68. The van der Waals surface area contributed by atoms with Crippen LogP contribution >= 0.6 is 23.6 Å². The van der Waals surface area contributed by atoms with E-state index >= 15 is 0 Å². The number of carbonyl (C=O) groups is 1. The van der Waals surface area contributed by atoms with E-state index in [4.69, 9.17) is 17.0 Å². The average Bonchev–Trinajstić information content (AvgIpc) is 3.06. The Balaban J connectivity index is 2.12. The number of ether oxygens (including phenoxy) is 1. The quantitative estimate of drug-likeness (QED) is 0.312. The number of rotatable bonds is 9. The molecule has 0 aliphatic heterocycles. The van der Waals surface area contributed by atoms with E-state index in [1.807, 2.05) is 36.4 Å². The number of hydrogen-bond acceptors (Lipinski definition) is 4. The van der Waals surface area contributed by atoms with Gasteiger partial charge in [-0.25, -0.2) is 4.79 Å². The molecule has 1 aromatic carbocycles. The molecule has 0 bridgehead atoms. The average molecular weight is 405 g/mol. The van der Waals surface area contributed by atoms with Crippen LogP contribution in [0.1, 0.15) is 56.8 Å². The summed E-state index contributed by atoms with van der Waals surface area (Å²) in [6, 6.07) is 12.1. The summed E-state index contributed by atoms with van der Waals surface area (Å²) in [5.74, 6) is -0.336. The van der Waals surface area contributed by atoms with Gasteiger partial charge in [-0.1, -0.05) is 56.5 Å². The molecule has 2 rings (SSSR count). The highest BCUT2D eigenvalue weighted by molar-refractivity contribution is 7.80. The van der Waals surface area contributed by atoms with Crippen LogP contribution in [0.5, 0.6) is 0 Å². The van der Waals surface area contributed by atoms with Crippen molar-refractivity contribution < 1.29 is 9.53 Å². The molecular formula is C21H28N2O2S2. The molecule has 0 radical (unpaired) electrons. The second kappa shape index (κ2) is 11.0. The molecule has 0 saturated heterocycles. The van der Waals surface area contributed by atoms with Crippen LogP contribution in [0.4, 0.5) is 5.00 Å². The second-order valence-electron chi connectivity index (χ2n) is 6.44. The molecular weight excluding hydrogens is 376 g/mol. The molecule has 0 amide bonds. The number of carbonyl (C=O) groups excluding carboxylic acids is 1. The van der Waals surface area contributed by atoms with Gasteiger partial charge in [0, 0.05) is 10.9 Å². The highest BCUT2D eigenvalue weighted by Gasteiger charge is 2.19. The van der Waals surface area contributed by atoms with Crippen LogP contribution in [0.25, 0.3) is 10.4 Å². The Kier molecular flexibility index (Phi) is 8.75.